The summed E-state index contributed by atoms with van der Waals surface area (Å²) in [6, 6.07) is 9.98. The van der Waals surface area contributed by atoms with Crippen LogP contribution in [0.2, 0.25) is 0 Å². The summed E-state index contributed by atoms with van der Waals surface area (Å²) in [5, 5.41) is 11.7. The molecule has 1 N–H and O–H groups in total. The Morgan fingerprint density at radius 3 is 2.46 bits per heavy atom. The minimum Gasteiger partial charge on any atom is -0.348 e. The number of carbonyl (C=O) groups is 1. The van der Waals surface area contributed by atoms with E-state index < -0.39 is 0 Å². The fourth-order valence-electron chi connectivity index (χ4n) is 2.74. The molecule has 0 unspecified atom stereocenters. The lowest BCUT2D eigenvalue weighted by Gasteiger charge is -2.07. The maximum atomic E-state index is 12.4. The molecule has 2 aromatic heterocycles. The van der Waals surface area contributed by atoms with Crippen LogP contribution >= 0.6 is 0 Å². The van der Waals surface area contributed by atoms with Crippen LogP contribution in [-0.2, 0) is 13.6 Å². The first-order valence-corrected chi connectivity index (χ1v) is 7.86. The first-order chi connectivity index (χ1) is 11.5. The zero-order valence-electron chi connectivity index (χ0n) is 14.4. The van der Waals surface area contributed by atoms with Gasteiger partial charge < -0.3 is 5.32 Å². The van der Waals surface area contributed by atoms with Crippen LogP contribution in [0.25, 0.3) is 5.69 Å². The summed E-state index contributed by atoms with van der Waals surface area (Å²) in [7, 11) is 1.82. The fraction of sp³-hybridized carbons (Fsp3) is 0.278. The molecule has 0 spiro atoms. The van der Waals surface area contributed by atoms with Crippen LogP contribution in [0.3, 0.4) is 0 Å². The minimum atomic E-state index is -0.119. The number of hydrogen-bond acceptors (Lipinski definition) is 3. The Balaban J connectivity index is 1.80. The quantitative estimate of drug-likeness (QED) is 0.802. The van der Waals surface area contributed by atoms with Gasteiger partial charge in [0.1, 0.15) is 0 Å². The van der Waals surface area contributed by atoms with Gasteiger partial charge in [-0.25, -0.2) is 4.68 Å². The van der Waals surface area contributed by atoms with E-state index >= 15 is 0 Å². The van der Waals surface area contributed by atoms with Gasteiger partial charge in [-0.05, 0) is 32.9 Å². The Hall–Kier alpha value is -2.89. The van der Waals surface area contributed by atoms with E-state index in [4.69, 9.17) is 0 Å². The highest BCUT2D eigenvalue weighted by Gasteiger charge is 2.16. The van der Waals surface area contributed by atoms with Gasteiger partial charge in [0.25, 0.3) is 5.91 Å². The topological polar surface area (TPSA) is 64.7 Å². The number of nitrogens with one attached hydrogen (secondary N) is 1. The average molecular weight is 323 g/mol. The van der Waals surface area contributed by atoms with Gasteiger partial charge in [0.05, 0.1) is 23.1 Å². The van der Waals surface area contributed by atoms with Gasteiger partial charge in [-0.3, -0.25) is 9.48 Å². The molecule has 6 nitrogen and oxygen atoms in total. The third-order valence-corrected chi connectivity index (χ3v) is 4.35. The van der Waals surface area contributed by atoms with Gasteiger partial charge in [0, 0.05) is 30.5 Å². The average Bonchev–Trinajstić information content (AvgIpc) is 3.06. The second kappa shape index (κ2) is 6.31. The molecule has 0 saturated carbocycles. The molecule has 0 aliphatic rings. The van der Waals surface area contributed by atoms with Gasteiger partial charge in [-0.15, -0.1) is 0 Å². The van der Waals surface area contributed by atoms with E-state index in [2.05, 4.69) is 15.5 Å². The minimum absolute atomic E-state index is 0.119. The lowest BCUT2D eigenvalue weighted by Crippen LogP contribution is -2.24. The van der Waals surface area contributed by atoms with Crippen molar-refractivity contribution in [3.63, 3.8) is 0 Å². The molecule has 2 heterocycles. The maximum absolute atomic E-state index is 12.4. The monoisotopic (exact) mass is 323 g/mol. The van der Waals surface area contributed by atoms with Crippen molar-refractivity contribution in [3.05, 3.63) is 64.7 Å². The highest BCUT2D eigenvalue weighted by atomic mass is 16.1. The summed E-state index contributed by atoms with van der Waals surface area (Å²) >= 11 is 0. The zero-order valence-corrected chi connectivity index (χ0v) is 14.4. The molecule has 3 aromatic rings. The highest BCUT2D eigenvalue weighted by Crippen LogP contribution is 2.18. The fourth-order valence-corrected chi connectivity index (χ4v) is 2.74. The Bertz CT molecular complexity index is 876. The van der Waals surface area contributed by atoms with Crippen molar-refractivity contribution in [2.75, 3.05) is 0 Å². The molecular formula is C18H21N5O. The predicted octanol–water partition coefficient (Wildman–Crippen LogP) is 2.46. The lowest BCUT2D eigenvalue weighted by molar-refractivity contribution is 0.0950. The molecule has 3 rings (SSSR count). The number of para-hydroxylation sites is 1. The SMILES string of the molecule is Cc1nn(-c2ccccc2)c(C)c1CNC(=O)c1cnn(C)c1C. The zero-order chi connectivity index (χ0) is 17.3. The molecule has 0 aliphatic carbocycles. The number of aryl methyl sites for hydroxylation is 2. The lowest BCUT2D eigenvalue weighted by atomic mass is 10.2. The summed E-state index contributed by atoms with van der Waals surface area (Å²) < 4.78 is 3.60. The Morgan fingerprint density at radius 2 is 1.83 bits per heavy atom. The molecule has 6 heteroatoms. The molecule has 24 heavy (non-hydrogen) atoms. The normalized spacial score (nSPS) is 10.8. The van der Waals surface area contributed by atoms with Crippen molar-refractivity contribution in [1.29, 1.82) is 0 Å². The molecule has 0 saturated heterocycles. The summed E-state index contributed by atoms with van der Waals surface area (Å²) in [4.78, 5) is 12.4. The summed E-state index contributed by atoms with van der Waals surface area (Å²) in [6.07, 6.45) is 1.60. The number of carbonyl (C=O) groups excluding carboxylic acids is 1. The summed E-state index contributed by atoms with van der Waals surface area (Å²) in [5.74, 6) is -0.119. The third-order valence-electron chi connectivity index (χ3n) is 4.35. The van der Waals surface area contributed by atoms with Crippen LogP contribution in [0.15, 0.2) is 36.5 Å². The maximum Gasteiger partial charge on any atom is 0.255 e. The third kappa shape index (κ3) is 2.82. The van der Waals surface area contributed by atoms with Gasteiger partial charge in [-0.2, -0.15) is 10.2 Å². The van der Waals surface area contributed by atoms with E-state index in [1.165, 1.54) is 0 Å². The van der Waals surface area contributed by atoms with E-state index in [1.807, 2.05) is 62.8 Å². The van der Waals surface area contributed by atoms with Crippen LogP contribution in [0, 0.1) is 20.8 Å². The number of nitrogens with zero attached hydrogens (tertiary/aromatic N) is 4. The van der Waals surface area contributed by atoms with Gasteiger partial charge in [0.2, 0.25) is 0 Å². The number of hydrogen-bond donors (Lipinski definition) is 1. The van der Waals surface area contributed by atoms with Crippen LogP contribution < -0.4 is 5.32 Å². The molecule has 0 aliphatic heterocycles. The van der Waals surface area contributed by atoms with Crippen LogP contribution in [-0.4, -0.2) is 25.5 Å². The largest absolute Gasteiger partial charge is 0.348 e. The first kappa shape index (κ1) is 16.0. The van der Waals surface area contributed by atoms with E-state index in [0.717, 1.165) is 28.3 Å². The van der Waals surface area contributed by atoms with Crippen LogP contribution in [0.4, 0.5) is 0 Å². The Kier molecular flexibility index (Phi) is 4.20. The number of rotatable bonds is 4. The molecule has 1 aromatic carbocycles. The van der Waals surface area contributed by atoms with Crippen molar-refractivity contribution in [3.8, 4) is 5.69 Å². The van der Waals surface area contributed by atoms with Gasteiger partial charge in [-0.1, -0.05) is 18.2 Å². The van der Waals surface area contributed by atoms with Crippen LogP contribution in [0.1, 0.15) is 33.0 Å². The number of amides is 1. The second-order valence-corrected chi connectivity index (χ2v) is 5.85. The standard InChI is InChI=1S/C18H21N5O/c1-12-16(10-19-18(24)17-11-20-22(4)13(17)2)14(3)23(21-12)15-8-6-5-7-9-15/h5-9,11H,10H2,1-4H3,(H,19,24). The van der Waals surface area contributed by atoms with Crippen molar-refractivity contribution in [2.24, 2.45) is 7.05 Å². The summed E-state index contributed by atoms with van der Waals surface area (Å²) in [5.41, 5.74) is 5.44. The molecule has 124 valence electrons. The van der Waals surface area contributed by atoms with Crippen molar-refractivity contribution in [1.82, 2.24) is 24.9 Å². The van der Waals surface area contributed by atoms with E-state index in [-0.39, 0.29) is 5.91 Å². The molecular weight excluding hydrogens is 302 g/mol. The van der Waals surface area contributed by atoms with Crippen molar-refractivity contribution < 1.29 is 4.79 Å². The first-order valence-electron chi connectivity index (χ1n) is 7.86. The molecule has 0 fully saturated rings. The van der Waals surface area contributed by atoms with E-state index in [9.17, 15) is 4.79 Å². The van der Waals surface area contributed by atoms with Gasteiger partial charge in [0.15, 0.2) is 0 Å². The van der Waals surface area contributed by atoms with E-state index in [0.29, 0.717) is 12.1 Å². The Morgan fingerprint density at radius 1 is 1.12 bits per heavy atom. The highest BCUT2D eigenvalue weighted by molar-refractivity contribution is 5.95. The number of aromatic nitrogens is 4. The molecule has 1 amide bonds. The van der Waals surface area contributed by atoms with Crippen LogP contribution in [0.5, 0.6) is 0 Å². The molecule has 0 radical (unpaired) electrons. The predicted molar refractivity (Wildman–Crippen MR) is 92.2 cm³/mol. The number of benzene rings is 1. The van der Waals surface area contributed by atoms with E-state index in [1.54, 1.807) is 10.9 Å². The molecule has 0 atom stereocenters. The van der Waals surface area contributed by atoms with Crippen molar-refractivity contribution >= 4 is 5.91 Å². The second-order valence-electron chi connectivity index (χ2n) is 5.85. The smallest absolute Gasteiger partial charge is 0.255 e. The van der Waals surface area contributed by atoms with Gasteiger partial charge >= 0.3 is 0 Å². The van der Waals surface area contributed by atoms with Crippen molar-refractivity contribution in [2.45, 2.75) is 27.3 Å². The molecule has 0 bridgehead atoms. The summed E-state index contributed by atoms with van der Waals surface area (Å²) in [6.45, 7) is 6.30. The Labute approximate surface area is 141 Å².